The largest absolute Gasteiger partial charge is 0.429 e. The molecule has 0 atom stereocenters. The Morgan fingerprint density at radius 3 is 1.41 bits per heavy atom. The highest BCUT2D eigenvalue weighted by molar-refractivity contribution is 5.89. The quantitative estimate of drug-likeness (QED) is 0.390. The molecule has 4 nitrogen and oxygen atoms in total. The van der Waals surface area contributed by atoms with Crippen LogP contribution in [0.5, 0.6) is 0 Å². The van der Waals surface area contributed by atoms with E-state index in [-0.39, 0.29) is 23.7 Å². The number of hydrogen-bond donors (Lipinski definition) is 2. The third-order valence-corrected chi connectivity index (χ3v) is 8.56. The van der Waals surface area contributed by atoms with Crippen LogP contribution in [0.4, 0.5) is 0 Å². The zero-order valence-corrected chi connectivity index (χ0v) is 17.0. The van der Waals surface area contributed by atoms with Crippen LogP contribution in [-0.4, -0.2) is 27.6 Å². The first-order valence-corrected chi connectivity index (χ1v) is 11.2. The summed E-state index contributed by atoms with van der Waals surface area (Å²) in [6.07, 6.45) is 12.5. The first kappa shape index (κ1) is 19.4. The molecule has 0 aromatic carbocycles. The Balaban J connectivity index is 1.55. The van der Waals surface area contributed by atoms with Gasteiger partial charge in [-0.05, 0) is 82.6 Å². The number of ether oxygens (including phenoxy) is 1. The minimum absolute atomic E-state index is 0.0806. The van der Waals surface area contributed by atoms with Gasteiger partial charge in [-0.25, -0.2) is 4.79 Å². The van der Waals surface area contributed by atoms with Gasteiger partial charge in [-0.3, -0.25) is 0 Å². The summed E-state index contributed by atoms with van der Waals surface area (Å²) in [7, 11) is 0. The lowest BCUT2D eigenvalue weighted by Crippen LogP contribution is -2.54. The molecule has 0 aromatic heterocycles. The van der Waals surface area contributed by atoms with Crippen molar-refractivity contribution in [1.29, 1.82) is 0 Å². The monoisotopic (exact) mass is 376 g/mol. The molecule has 4 saturated carbocycles. The van der Waals surface area contributed by atoms with E-state index in [1.807, 2.05) is 6.92 Å². The Bertz CT molecular complexity index is 578. The highest BCUT2D eigenvalue weighted by Crippen LogP contribution is 2.52. The van der Waals surface area contributed by atoms with E-state index in [1.165, 1.54) is 12.8 Å². The third-order valence-electron chi connectivity index (χ3n) is 8.56. The van der Waals surface area contributed by atoms with Gasteiger partial charge in [0.25, 0.3) is 0 Å². The number of esters is 1. The van der Waals surface area contributed by atoms with Crippen LogP contribution in [-0.2, 0) is 9.53 Å². The molecular formula is C23H36O4. The van der Waals surface area contributed by atoms with E-state index in [1.54, 1.807) is 6.92 Å². The lowest BCUT2D eigenvalue weighted by molar-refractivity contribution is -0.277. The Kier molecular flexibility index (Phi) is 5.17. The van der Waals surface area contributed by atoms with Crippen molar-refractivity contribution in [3.8, 4) is 0 Å². The lowest BCUT2D eigenvalue weighted by atomic mass is 9.58. The van der Waals surface area contributed by atoms with Gasteiger partial charge in [0.15, 0.2) is 0 Å². The highest BCUT2D eigenvalue weighted by atomic mass is 16.7. The molecule has 0 spiro atoms. The van der Waals surface area contributed by atoms with Crippen molar-refractivity contribution in [3.63, 3.8) is 0 Å². The first-order chi connectivity index (χ1) is 12.9. The van der Waals surface area contributed by atoms with Crippen molar-refractivity contribution in [3.05, 3.63) is 11.1 Å². The second-order valence-corrected chi connectivity index (χ2v) is 9.73. The molecule has 0 heterocycles. The Morgan fingerprint density at radius 2 is 1.11 bits per heavy atom. The molecule has 0 aromatic rings. The van der Waals surface area contributed by atoms with E-state index in [2.05, 4.69) is 0 Å². The van der Waals surface area contributed by atoms with Crippen LogP contribution >= 0.6 is 0 Å². The van der Waals surface area contributed by atoms with Crippen molar-refractivity contribution in [2.45, 2.75) is 102 Å². The molecule has 0 saturated heterocycles. The molecule has 4 aliphatic rings. The summed E-state index contributed by atoms with van der Waals surface area (Å²) in [4.78, 5) is 13.0. The lowest BCUT2D eigenvalue weighted by Gasteiger charge is -2.51. The highest BCUT2D eigenvalue weighted by Gasteiger charge is 2.53. The van der Waals surface area contributed by atoms with Crippen molar-refractivity contribution in [2.24, 2.45) is 23.7 Å². The summed E-state index contributed by atoms with van der Waals surface area (Å²) in [5.41, 5.74) is 0.421. The molecule has 0 aliphatic heterocycles. The van der Waals surface area contributed by atoms with Crippen LogP contribution in [0.2, 0.25) is 0 Å². The predicted octanol–water partition coefficient (Wildman–Crippen LogP) is 4.49. The van der Waals surface area contributed by atoms with Crippen molar-refractivity contribution in [2.75, 3.05) is 0 Å². The van der Waals surface area contributed by atoms with Gasteiger partial charge < -0.3 is 14.9 Å². The average molecular weight is 377 g/mol. The van der Waals surface area contributed by atoms with Crippen molar-refractivity contribution in [1.82, 2.24) is 0 Å². The number of hydrogen-bond acceptors (Lipinski definition) is 4. The number of rotatable bonds is 7. The predicted molar refractivity (Wildman–Crippen MR) is 104 cm³/mol. The molecule has 0 radical (unpaired) electrons. The molecule has 0 bridgehead atoms. The SMILES string of the molecule is CC(C(=O)OC(O)(C1CCC1)C1CCC1)=C(C)C(O)(C1CCC1)C1CCC1. The Hall–Kier alpha value is -0.870. The second kappa shape index (κ2) is 7.18. The van der Waals surface area contributed by atoms with E-state index < -0.39 is 17.4 Å². The average Bonchev–Trinajstić information content (AvgIpc) is 2.36. The summed E-state index contributed by atoms with van der Waals surface area (Å²) >= 11 is 0. The van der Waals surface area contributed by atoms with Crippen LogP contribution in [0, 0.1) is 23.7 Å². The fourth-order valence-corrected chi connectivity index (χ4v) is 5.46. The Morgan fingerprint density at radius 1 is 0.741 bits per heavy atom. The number of carbonyl (C=O) groups is 1. The minimum Gasteiger partial charge on any atom is -0.429 e. The summed E-state index contributed by atoms with van der Waals surface area (Å²) in [6.45, 7) is 3.70. The summed E-state index contributed by atoms with van der Waals surface area (Å²) < 4.78 is 5.83. The molecule has 4 aliphatic carbocycles. The minimum atomic E-state index is -1.31. The molecule has 152 valence electrons. The topological polar surface area (TPSA) is 66.8 Å². The van der Waals surface area contributed by atoms with Gasteiger partial charge in [0.2, 0.25) is 5.79 Å². The summed E-state index contributed by atoms with van der Waals surface area (Å²) in [5.74, 6) is -1.04. The first-order valence-electron chi connectivity index (χ1n) is 11.2. The Labute approximate surface area is 163 Å². The van der Waals surface area contributed by atoms with Crippen LogP contribution in [0.1, 0.15) is 90.9 Å². The molecule has 0 amide bonds. The van der Waals surface area contributed by atoms with Crippen molar-refractivity contribution < 1.29 is 19.7 Å². The molecular weight excluding hydrogens is 340 g/mol. The van der Waals surface area contributed by atoms with Crippen LogP contribution in [0.15, 0.2) is 11.1 Å². The maximum atomic E-state index is 13.0. The summed E-state index contributed by atoms with van der Waals surface area (Å²) in [5, 5.41) is 22.9. The second-order valence-electron chi connectivity index (χ2n) is 9.73. The van der Waals surface area contributed by atoms with E-state index in [9.17, 15) is 15.0 Å². The number of aliphatic hydroxyl groups is 2. The van der Waals surface area contributed by atoms with Gasteiger partial charge in [0, 0.05) is 17.4 Å². The van der Waals surface area contributed by atoms with Gasteiger partial charge in [-0.15, -0.1) is 0 Å². The van der Waals surface area contributed by atoms with Gasteiger partial charge in [-0.1, -0.05) is 25.7 Å². The molecule has 2 N–H and O–H groups in total. The fourth-order valence-electron chi connectivity index (χ4n) is 5.46. The molecule has 4 rings (SSSR count). The summed E-state index contributed by atoms with van der Waals surface area (Å²) in [6, 6.07) is 0. The maximum Gasteiger partial charge on any atom is 0.336 e. The van der Waals surface area contributed by atoms with Gasteiger partial charge in [0.1, 0.15) is 0 Å². The van der Waals surface area contributed by atoms with Gasteiger partial charge in [-0.2, -0.15) is 0 Å². The van der Waals surface area contributed by atoms with Crippen molar-refractivity contribution >= 4 is 5.97 Å². The van der Waals surface area contributed by atoms with E-state index in [0.717, 1.165) is 69.8 Å². The molecule has 0 unspecified atom stereocenters. The van der Waals surface area contributed by atoms with E-state index >= 15 is 0 Å². The third kappa shape index (κ3) is 3.07. The molecule has 4 heteroatoms. The molecule has 4 fully saturated rings. The standard InChI is InChI=1S/C23H36O4/c1-15(16(2)22(25,17-7-3-8-17)18-9-4-10-18)21(24)27-23(26,19-11-5-12-19)20-13-6-14-20/h17-20,25-26H,3-14H2,1-2H3. The van der Waals surface area contributed by atoms with Crippen LogP contribution in [0.25, 0.3) is 0 Å². The number of carbonyl (C=O) groups excluding carboxylic acids is 1. The zero-order chi connectivity index (χ0) is 19.2. The smallest absolute Gasteiger partial charge is 0.336 e. The normalized spacial score (nSPS) is 26.4. The fraction of sp³-hybridized carbons (Fsp3) is 0.870. The molecule has 27 heavy (non-hydrogen) atoms. The van der Waals surface area contributed by atoms with Gasteiger partial charge in [0.05, 0.1) is 5.60 Å². The maximum absolute atomic E-state index is 13.0. The van der Waals surface area contributed by atoms with Crippen LogP contribution < -0.4 is 0 Å². The van der Waals surface area contributed by atoms with E-state index in [0.29, 0.717) is 5.57 Å². The van der Waals surface area contributed by atoms with Gasteiger partial charge >= 0.3 is 5.97 Å². The van der Waals surface area contributed by atoms with Crippen LogP contribution in [0.3, 0.4) is 0 Å². The zero-order valence-electron chi connectivity index (χ0n) is 17.0. The van der Waals surface area contributed by atoms with E-state index in [4.69, 9.17) is 4.74 Å².